The molecule has 0 radical (unpaired) electrons. The van der Waals surface area contributed by atoms with Gasteiger partial charge in [0.25, 0.3) is 0 Å². The summed E-state index contributed by atoms with van der Waals surface area (Å²) in [7, 11) is 6.10. The van der Waals surface area contributed by atoms with E-state index in [-0.39, 0.29) is 5.91 Å². The highest BCUT2D eigenvalue weighted by atomic mass is 28.3. The van der Waals surface area contributed by atoms with E-state index in [2.05, 4.69) is 56.4 Å². The van der Waals surface area contributed by atoms with Gasteiger partial charge in [0.2, 0.25) is 5.91 Å². The zero-order valence-corrected chi connectivity index (χ0v) is 14.0. The lowest BCUT2D eigenvalue weighted by molar-refractivity contribution is -0.129. The van der Waals surface area contributed by atoms with Gasteiger partial charge in [-0.05, 0) is 14.1 Å². The molecule has 1 rings (SSSR count). The van der Waals surface area contributed by atoms with Crippen LogP contribution in [0.2, 0.25) is 13.1 Å². The molecule has 1 unspecified atom stereocenters. The van der Waals surface area contributed by atoms with Gasteiger partial charge in [0.15, 0.2) is 0 Å². The highest BCUT2D eigenvalue weighted by molar-refractivity contribution is 6.91. The molecule has 0 saturated heterocycles. The van der Waals surface area contributed by atoms with Gasteiger partial charge in [0.05, 0.1) is 8.07 Å². The SMILES string of the molecule is CN(C)C(=O)CC(N(C)C)[Si](C)(C)c1ccccc1. The van der Waals surface area contributed by atoms with Gasteiger partial charge >= 0.3 is 0 Å². The molecule has 0 aromatic heterocycles. The van der Waals surface area contributed by atoms with E-state index >= 15 is 0 Å². The first-order chi connectivity index (χ1) is 8.76. The van der Waals surface area contributed by atoms with Crippen molar-refractivity contribution in [2.75, 3.05) is 28.2 Å². The van der Waals surface area contributed by atoms with Crippen molar-refractivity contribution in [2.45, 2.75) is 25.2 Å². The lowest BCUT2D eigenvalue weighted by Crippen LogP contribution is -2.59. The molecule has 0 N–H and O–H groups in total. The van der Waals surface area contributed by atoms with Crippen LogP contribution in [0, 0.1) is 0 Å². The third kappa shape index (κ3) is 3.91. The van der Waals surface area contributed by atoms with E-state index in [1.807, 2.05) is 20.2 Å². The maximum Gasteiger partial charge on any atom is 0.223 e. The quantitative estimate of drug-likeness (QED) is 0.763. The summed E-state index contributed by atoms with van der Waals surface area (Å²) in [5, 5.41) is 1.40. The van der Waals surface area contributed by atoms with Crippen molar-refractivity contribution >= 4 is 19.2 Å². The van der Waals surface area contributed by atoms with Gasteiger partial charge in [-0.3, -0.25) is 4.79 Å². The summed E-state index contributed by atoms with van der Waals surface area (Å²) in [6.07, 6.45) is 0.591. The highest BCUT2D eigenvalue weighted by Gasteiger charge is 2.36. The number of rotatable bonds is 5. The number of carbonyl (C=O) groups excluding carboxylic acids is 1. The van der Waals surface area contributed by atoms with E-state index in [4.69, 9.17) is 0 Å². The van der Waals surface area contributed by atoms with E-state index in [9.17, 15) is 4.79 Å². The molecule has 0 aliphatic heterocycles. The first-order valence-electron chi connectivity index (χ1n) is 6.69. The molecule has 106 valence electrons. The summed E-state index contributed by atoms with van der Waals surface area (Å²) in [6, 6.07) is 10.6. The Labute approximate surface area is 118 Å². The number of nitrogens with zero attached hydrogens (tertiary/aromatic N) is 2. The molecule has 0 spiro atoms. The second-order valence-electron chi connectivity index (χ2n) is 6.06. The zero-order valence-electron chi connectivity index (χ0n) is 13.0. The number of benzene rings is 1. The second kappa shape index (κ2) is 6.35. The summed E-state index contributed by atoms with van der Waals surface area (Å²) in [4.78, 5) is 16.0. The van der Waals surface area contributed by atoms with Gasteiger partial charge < -0.3 is 9.80 Å². The predicted octanol–water partition coefficient (Wildman–Crippen LogP) is 1.55. The van der Waals surface area contributed by atoms with Crippen molar-refractivity contribution in [1.29, 1.82) is 0 Å². The van der Waals surface area contributed by atoms with Crippen LogP contribution in [0.1, 0.15) is 6.42 Å². The minimum absolute atomic E-state index is 0.204. The van der Waals surface area contributed by atoms with Crippen LogP contribution >= 0.6 is 0 Å². The average molecular weight is 278 g/mol. The monoisotopic (exact) mass is 278 g/mol. The van der Waals surface area contributed by atoms with Crippen LogP contribution in [0.4, 0.5) is 0 Å². The molecule has 0 aliphatic carbocycles. The van der Waals surface area contributed by atoms with Gasteiger partial charge in [0, 0.05) is 26.2 Å². The Bertz CT molecular complexity index is 415. The first kappa shape index (κ1) is 15.9. The van der Waals surface area contributed by atoms with Crippen molar-refractivity contribution in [2.24, 2.45) is 0 Å². The maximum absolute atomic E-state index is 12.1. The Morgan fingerprint density at radius 2 is 1.63 bits per heavy atom. The maximum atomic E-state index is 12.1. The van der Waals surface area contributed by atoms with E-state index in [1.165, 1.54) is 5.19 Å². The van der Waals surface area contributed by atoms with Crippen molar-refractivity contribution < 1.29 is 4.79 Å². The standard InChI is InChI=1S/C15H26N2OSi/c1-16(2)14(18)12-15(17(3)4)19(5,6)13-10-8-7-9-11-13/h7-11,15H,12H2,1-6H3. The third-order valence-corrected chi connectivity index (χ3v) is 8.05. The number of hydrogen-bond acceptors (Lipinski definition) is 2. The molecule has 1 aromatic carbocycles. The zero-order chi connectivity index (χ0) is 14.6. The number of carbonyl (C=O) groups is 1. The van der Waals surface area contributed by atoms with Crippen LogP contribution in [0.5, 0.6) is 0 Å². The Morgan fingerprint density at radius 3 is 2.05 bits per heavy atom. The van der Waals surface area contributed by atoms with Crippen LogP contribution < -0.4 is 5.19 Å². The molecule has 0 saturated carbocycles. The van der Waals surface area contributed by atoms with Gasteiger partial charge in [-0.1, -0.05) is 48.6 Å². The largest absolute Gasteiger partial charge is 0.349 e. The minimum Gasteiger partial charge on any atom is -0.349 e. The predicted molar refractivity (Wildman–Crippen MR) is 84.3 cm³/mol. The van der Waals surface area contributed by atoms with E-state index in [0.29, 0.717) is 12.1 Å². The molecule has 0 aliphatic rings. The van der Waals surface area contributed by atoms with Crippen molar-refractivity contribution in [1.82, 2.24) is 9.80 Å². The number of hydrogen-bond donors (Lipinski definition) is 0. The summed E-state index contributed by atoms with van der Waals surface area (Å²) in [6.45, 7) is 4.69. The molecule has 4 heteroatoms. The molecule has 0 heterocycles. The highest BCUT2D eigenvalue weighted by Crippen LogP contribution is 2.17. The summed E-state index contributed by atoms with van der Waals surface area (Å²) >= 11 is 0. The van der Waals surface area contributed by atoms with Crippen LogP contribution in [0.25, 0.3) is 0 Å². The molecular weight excluding hydrogens is 252 g/mol. The van der Waals surface area contributed by atoms with Crippen LogP contribution in [0.3, 0.4) is 0 Å². The second-order valence-corrected chi connectivity index (χ2v) is 10.7. The van der Waals surface area contributed by atoms with Gasteiger partial charge in [-0.2, -0.15) is 0 Å². The molecule has 19 heavy (non-hydrogen) atoms. The lowest BCUT2D eigenvalue weighted by atomic mass is 10.3. The van der Waals surface area contributed by atoms with Crippen molar-refractivity contribution in [3.63, 3.8) is 0 Å². The molecule has 0 fully saturated rings. The fraction of sp³-hybridized carbons (Fsp3) is 0.533. The Hall–Kier alpha value is -1.13. The number of amides is 1. The molecular formula is C15H26N2OSi. The fourth-order valence-electron chi connectivity index (χ4n) is 2.49. The van der Waals surface area contributed by atoms with E-state index in [0.717, 1.165) is 0 Å². The molecule has 3 nitrogen and oxygen atoms in total. The Balaban J connectivity index is 3.01. The van der Waals surface area contributed by atoms with Crippen LogP contribution in [-0.2, 0) is 4.79 Å². The fourth-order valence-corrected chi connectivity index (χ4v) is 5.90. The topological polar surface area (TPSA) is 23.6 Å². The van der Waals surface area contributed by atoms with Gasteiger partial charge in [0.1, 0.15) is 0 Å². The van der Waals surface area contributed by atoms with Gasteiger partial charge in [-0.15, -0.1) is 0 Å². The van der Waals surface area contributed by atoms with Crippen LogP contribution in [0.15, 0.2) is 30.3 Å². The molecule has 1 amide bonds. The average Bonchev–Trinajstić information content (AvgIpc) is 2.35. The summed E-state index contributed by atoms with van der Waals surface area (Å²) < 4.78 is 0. The molecule has 0 bridgehead atoms. The van der Waals surface area contributed by atoms with Crippen molar-refractivity contribution in [3.8, 4) is 0 Å². The lowest BCUT2D eigenvalue weighted by Gasteiger charge is -2.37. The van der Waals surface area contributed by atoms with E-state index in [1.54, 1.807) is 4.90 Å². The molecule has 1 aromatic rings. The minimum atomic E-state index is -1.70. The molecule has 1 atom stereocenters. The Morgan fingerprint density at radius 1 is 1.11 bits per heavy atom. The van der Waals surface area contributed by atoms with Crippen LogP contribution in [-0.4, -0.2) is 57.6 Å². The van der Waals surface area contributed by atoms with Crippen molar-refractivity contribution in [3.05, 3.63) is 30.3 Å². The first-order valence-corrected chi connectivity index (χ1v) is 9.76. The smallest absolute Gasteiger partial charge is 0.223 e. The summed E-state index contributed by atoms with van der Waals surface area (Å²) in [5.41, 5.74) is 0.310. The third-order valence-electron chi connectivity index (χ3n) is 3.84. The van der Waals surface area contributed by atoms with Gasteiger partial charge in [-0.25, -0.2) is 0 Å². The van der Waals surface area contributed by atoms with E-state index < -0.39 is 8.07 Å². The normalized spacial score (nSPS) is 13.4. The summed E-state index contributed by atoms with van der Waals surface area (Å²) in [5.74, 6) is 0.204. The Kier molecular flexibility index (Phi) is 5.32.